The highest BCUT2D eigenvalue weighted by Crippen LogP contribution is 2.14. The summed E-state index contributed by atoms with van der Waals surface area (Å²) in [6, 6.07) is 15.6. The van der Waals surface area contributed by atoms with Crippen molar-refractivity contribution in [3.8, 4) is 11.8 Å². The summed E-state index contributed by atoms with van der Waals surface area (Å²) in [5, 5.41) is 11.6. The molecule has 0 saturated heterocycles. The lowest BCUT2D eigenvalue weighted by molar-refractivity contribution is -0.116. The number of amides is 1. The number of hydrogen-bond donors (Lipinski definition) is 1. The Balaban J connectivity index is 1.79. The molecule has 122 valence electrons. The Labute approximate surface area is 140 Å². The summed E-state index contributed by atoms with van der Waals surface area (Å²) in [5.74, 6) is 0.523. The summed E-state index contributed by atoms with van der Waals surface area (Å²) >= 11 is 0. The third-order valence-electron chi connectivity index (χ3n) is 3.50. The Hall–Kier alpha value is -3.13. The third-order valence-corrected chi connectivity index (χ3v) is 3.50. The minimum atomic E-state index is -0.173. The number of nitrogens with one attached hydrogen (secondary N) is 1. The van der Waals surface area contributed by atoms with E-state index in [-0.39, 0.29) is 18.1 Å². The van der Waals surface area contributed by atoms with Crippen LogP contribution in [0.2, 0.25) is 0 Å². The maximum absolute atomic E-state index is 12.1. The Kier molecular flexibility index (Phi) is 6.09. The molecule has 0 aliphatic rings. The Morgan fingerprint density at radius 3 is 2.54 bits per heavy atom. The third kappa shape index (κ3) is 4.96. The van der Waals surface area contributed by atoms with Crippen molar-refractivity contribution in [1.82, 2.24) is 0 Å². The zero-order valence-corrected chi connectivity index (χ0v) is 13.4. The Bertz CT molecular complexity index is 761. The van der Waals surface area contributed by atoms with Crippen molar-refractivity contribution in [3.05, 3.63) is 59.7 Å². The average molecular weight is 322 g/mol. The first kappa shape index (κ1) is 17.2. The molecule has 0 aliphatic heterocycles. The summed E-state index contributed by atoms with van der Waals surface area (Å²) in [4.78, 5) is 24.0. The van der Waals surface area contributed by atoms with E-state index in [1.54, 1.807) is 55.6 Å². The summed E-state index contributed by atoms with van der Waals surface area (Å²) in [7, 11) is 1.57. The molecule has 2 aromatic rings. The van der Waals surface area contributed by atoms with Gasteiger partial charge in [0.05, 0.1) is 18.7 Å². The number of ketones is 1. The topological polar surface area (TPSA) is 79.2 Å². The molecular formula is C19H18N2O3. The molecule has 0 atom stereocenters. The first-order valence-electron chi connectivity index (χ1n) is 7.59. The zero-order chi connectivity index (χ0) is 17.4. The van der Waals surface area contributed by atoms with Gasteiger partial charge in [-0.3, -0.25) is 9.59 Å². The number of benzene rings is 2. The second-order valence-corrected chi connectivity index (χ2v) is 5.25. The second-order valence-electron chi connectivity index (χ2n) is 5.25. The highest BCUT2D eigenvalue weighted by molar-refractivity contribution is 5.96. The molecule has 0 radical (unpaired) electrons. The summed E-state index contributed by atoms with van der Waals surface area (Å²) in [6.07, 6.45) is 1.02. The molecule has 0 aliphatic carbocycles. The molecule has 0 unspecified atom stereocenters. The van der Waals surface area contributed by atoms with Crippen LogP contribution in [0.1, 0.15) is 35.2 Å². The van der Waals surface area contributed by atoms with E-state index >= 15 is 0 Å². The molecular weight excluding hydrogens is 304 g/mol. The summed E-state index contributed by atoms with van der Waals surface area (Å²) in [5.41, 5.74) is 1.68. The van der Waals surface area contributed by atoms with Gasteiger partial charge in [-0.05, 0) is 48.9 Å². The van der Waals surface area contributed by atoms with Crippen LogP contribution in [0.3, 0.4) is 0 Å². The van der Waals surface area contributed by atoms with Crippen LogP contribution < -0.4 is 10.1 Å². The molecule has 0 heterocycles. The first-order chi connectivity index (χ1) is 11.6. The van der Waals surface area contributed by atoms with E-state index in [1.807, 2.05) is 6.07 Å². The van der Waals surface area contributed by atoms with Gasteiger partial charge in [-0.2, -0.15) is 5.26 Å². The van der Waals surface area contributed by atoms with Crippen LogP contribution in [0.15, 0.2) is 48.5 Å². The van der Waals surface area contributed by atoms with Crippen LogP contribution >= 0.6 is 0 Å². The van der Waals surface area contributed by atoms with Crippen LogP contribution in [0.4, 0.5) is 5.69 Å². The highest BCUT2D eigenvalue weighted by atomic mass is 16.5. The molecule has 5 nitrogen and oxygen atoms in total. The van der Waals surface area contributed by atoms with E-state index in [0.717, 1.165) is 0 Å². The lowest BCUT2D eigenvalue weighted by Gasteiger charge is -2.06. The lowest BCUT2D eigenvalue weighted by Crippen LogP contribution is -2.12. The van der Waals surface area contributed by atoms with Gasteiger partial charge >= 0.3 is 0 Å². The van der Waals surface area contributed by atoms with Gasteiger partial charge in [-0.1, -0.05) is 6.07 Å². The fraction of sp³-hybridized carbons (Fsp3) is 0.211. The van der Waals surface area contributed by atoms with Crippen molar-refractivity contribution in [2.24, 2.45) is 0 Å². The molecule has 0 bridgehead atoms. The van der Waals surface area contributed by atoms with E-state index in [1.165, 1.54) is 0 Å². The fourth-order valence-electron chi connectivity index (χ4n) is 2.22. The average Bonchev–Trinajstić information content (AvgIpc) is 2.61. The molecule has 0 saturated carbocycles. The second kappa shape index (κ2) is 8.49. The minimum Gasteiger partial charge on any atom is -0.497 e. The predicted octanol–water partition coefficient (Wildman–Crippen LogP) is 3.56. The van der Waals surface area contributed by atoms with Gasteiger partial charge in [-0.15, -0.1) is 0 Å². The van der Waals surface area contributed by atoms with Gasteiger partial charge in [0.25, 0.3) is 0 Å². The molecule has 2 rings (SSSR count). The largest absolute Gasteiger partial charge is 0.497 e. The Morgan fingerprint density at radius 1 is 1.12 bits per heavy atom. The monoisotopic (exact) mass is 322 g/mol. The highest BCUT2D eigenvalue weighted by Gasteiger charge is 2.08. The smallest absolute Gasteiger partial charge is 0.224 e. The number of hydrogen-bond acceptors (Lipinski definition) is 4. The maximum atomic E-state index is 12.1. The van der Waals surface area contributed by atoms with E-state index in [2.05, 4.69) is 5.32 Å². The molecule has 0 spiro atoms. The number of nitriles is 1. The van der Waals surface area contributed by atoms with Crippen LogP contribution in [0.25, 0.3) is 0 Å². The predicted molar refractivity (Wildman–Crippen MR) is 91.0 cm³/mol. The Morgan fingerprint density at radius 2 is 1.88 bits per heavy atom. The number of rotatable bonds is 7. The van der Waals surface area contributed by atoms with Gasteiger partial charge in [0.1, 0.15) is 5.75 Å². The lowest BCUT2D eigenvalue weighted by atomic mass is 10.1. The van der Waals surface area contributed by atoms with Crippen molar-refractivity contribution in [2.75, 3.05) is 12.4 Å². The molecule has 5 heteroatoms. The molecule has 0 aromatic heterocycles. The molecule has 2 aromatic carbocycles. The summed E-state index contributed by atoms with van der Waals surface area (Å²) in [6.45, 7) is 0. The number of methoxy groups -OCH3 is 1. The van der Waals surface area contributed by atoms with Gasteiger partial charge in [0.2, 0.25) is 5.91 Å². The van der Waals surface area contributed by atoms with Crippen LogP contribution in [-0.4, -0.2) is 18.8 Å². The molecule has 1 N–H and O–H groups in total. The first-order valence-corrected chi connectivity index (χ1v) is 7.59. The van der Waals surface area contributed by atoms with Crippen molar-refractivity contribution < 1.29 is 14.3 Å². The number of anilines is 1. The molecule has 1 amide bonds. The van der Waals surface area contributed by atoms with Crippen LogP contribution in [0.5, 0.6) is 5.75 Å². The molecule has 24 heavy (non-hydrogen) atoms. The SMILES string of the molecule is COc1ccc(C(=O)CCCC(=O)Nc2cccc(C#N)c2)cc1. The minimum absolute atomic E-state index is 0.00284. The van der Waals surface area contributed by atoms with Gasteiger partial charge in [0, 0.05) is 24.1 Å². The van der Waals surface area contributed by atoms with Crippen molar-refractivity contribution in [2.45, 2.75) is 19.3 Å². The summed E-state index contributed by atoms with van der Waals surface area (Å²) < 4.78 is 5.05. The number of carbonyl (C=O) groups excluding carboxylic acids is 2. The van der Waals surface area contributed by atoms with Gasteiger partial charge in [0.15, 0.2) is 5.78 Å². The van der Waals surface area contributed by atoms with E-state index < -0.39 is 0 Å². The maximum Gasteiger partial charge on any atom is 0.224 e. The number of ether oxygens (including phenoxy) is 1. The number of carbonyl (C=O) groups is 2. The van der Waals surface area contributed by atoms with E-state index in [0.29, 0.717) is 35.4 Å². The molecule has 0 fully saturated rings. The van der Waals surface area contributed by atoms with Gasteiger partial charge < -0.3 is 10.1 Å². The number of Topliss-reactive ketones (excluding diaryl/α,β-unsaturated/α-hetero) is 1. The zero-order valence-electron chi connectivity index (χ0n) is 13.4. The number of nitrogens with zero attached hydrogens (tertiary/aromatic N) is 1. The quantitative estimate of drug-likeness (QED) is 0.791. The fourth-order valence-corrected chi connectivity index (χ4v) is 2.22. The van der Waals surface area contributed by atoms with Gasteiger partial charge in [-0.25, -0.2) is 0 Å². The van der Waals surface area contributed by atoms with Crippen molar-refractivity contribution in [1.29, 1.82) is 5.26 Å². The normalized spacial score (nSPS) is 9.83. The van der Waals surface area contributed by atoms with Crippen molar-refractivity contribution >= 4 is 17.4 Å². The van der Waals surface area contributed by atoms with Crippen molar-refractivity contribution in [3.63, 3.8) is 0 Å². The van der Waals surface area contributed by atoms with E-state index in [4.69, 9.17) is 10.00 Å². The standard InChI is InChI=1S/C19H18N2O3/c1-24-17-10-8-15(9-11-17)18(22)6-3-7-19(23)21-16-5-2-4-14(12-16)13-20/h2,4-5,8-12H,3,6-7H2,1H3,(H,21,23). The van der Waals surface area contributed by atoms with Crippen LogP contribution in [0, 0.1) is 11.3 Å². The van der Waals surface area contributed by atoms with E-state index in [9.17, 15) is 9.59 Å². The van der Waals surface area contributed by atoms with Crippen LogP contribution in [-0.2, 0) is 4.79 Å².